The second kappa shape index (κ2) is 5.13. The molecule has 0 radical (unpaired) electrons. The van der Waals surface area contributed by atoms with E-state index in [1.807, 2.05) is 73.7 Å². The van der Waals surface area contributed by atoms with Gasteiger partial charge in [-0.05, 0) is 30.7 Å². The number of hydrogen-bond donors (Lipinski definition) is 0. The van der Waals surface area contributed by atoms with Crippen LogP contribution in [0.3, 0.4) is 0 Å². The van der Waals surface area contributed by atoms with Gasteiger partial charge in [0.2, 0.25) is 0 Å². The largest absolute Gasteiger partial charge is 0.280 e. The fraction of sp³-hybridized carbons (Fsp3) is 0.0588. The molecule has 0 aromatic heterocycles. The summed E-state index contributed by atoms with van der Waals surface area (Å²) in [6, 6.07) is 19.3. The fourth-order valence-corrected chi connectivity index (χ4v) is 2.14. The number of rotatable bonds is 2. The monoisotopic (exact) mass is 262 g/mol. The quantitative estimate of drug-likeness (QED) is 0.762. The molecule has 20 heavy (non-hydrogen) atoms. The Bertz CT molecular complexity index is 687. The molecule has 0 fully saturated rings. The van der Waals surface area contributed by atoms with Gasteiger partial charge in [-0.1, -0.05) is 48.5 Å². The van der Waals surface area contributed by atoms with Gasteiger partial charge in [-0.2, -0.15) is 10.1 Å². The van der Waals surface area contributed by atoms with Crippen LogP contribution in [0.4, 0.5) is 5.69 Å². The third-order valence-electron chi connectivity index (χ3n) is 3.17. The molecule has 2 aromatic rings. The summed E-state index contributed by atoms with van der Waals surface area (Å²) in [5, 5.41) is 5.80. The van der Waals surface area contributed by atoms with Crippen LogP contribution in [0.25, 0.3) is 6.08 Å². The Morgan fingerprint density at radius 2 is 1.55 bits per heavy atom. The van der Waals surface area contributed by atoms with Crippen LogP contribution >= 0.6 is 0 Å². The first-order valence-electron chi connectivity index (χ1n) is 6.47. The van der Waals surface area contributed by atoms with E-state index in [9.17, 15) is 4.79 Å². The summed E-state index contributed by atoms with van der Waals surface area (Å²) in [6.45, 7) is 1.86. The molecule has 3 rings (SSSR count). The summed E-state index contributed by atoms with van der Waals surface area (Å²) in [7, 11) is 0. The summed E-state index contributed by atoms with van der Waals surface area (Å²) in [5.41, 5.74) is 3.16. The molecular weight excluding hydrogens is 248 g/mol. The SMILES string of the molecule is CC1=NN(c2ccccc2)C(=O)/C1=C/c1ccccc1. The first-order chi connectivity index (χ1) is 9.75. The lowest BCUT2D eigenvalue weighted by molar-refractivity contribution is -0.114. The molecule has 1 heterocycles. The first-order valence-corrected chi connectivity index (χ1v) is 6.47. The van der Waals surface area contributed by atoms with E-state index >= 15 is 0 Å². The lowest BCUT2D eigenvalue weighted by atomic mass is 10.1. The van der Waals surface area contributed by atoms with Crippen LogP contribution in [0.5, 0.6) is 0 Å². The zero-order valence-electron chi connectivity index (χ0n) is 11.2. The Balaban J connectivity index is 1.96. The minimum atomic E-state index is -0.0856. The van der Waals surface area contributed by atoms with Crippen LogP contribution in [0.15, 0.2) is 71.3 Å². The highest BCUT2D eigenvalue weighted by molar-refractivity contribution is 6.32. The van der Waals surface area contributed by atoms with Crippen LogP contribution in [-0.2, 0) is 4.79 Å². The number of hydrazone groups is 1. The van der Waals surface area contributed by atoms with Gasteiger partial charge < -0.3 is 0 Å². The Labute approximate surface area is 117 Å². The second-order valence-electron chi connectivity index (χ2n) is 4.61. The number of para-hydroxylation sites is 1. The average molecular weight is 262 g/mol. The van der Waals surface area contributed by atoms with Crippen molar-refractivity contribution in [1.29, 1.82) is 0 Å². The Morgan fingerprint density at radius 1 is 0.950 bits per heavy atom. The number of carbonyl (C=O) groups is 1. The summed E-state index contributed by atoms with van der Waals surface area (Å²) in [6.07, 6.45) is 1.88. The van der Waals surface area contributed by atoms with E-state index in [2.05, 4.69) is 5.10 Å². The van der Waals surface area contributed by atoms with E-state index in [0.29, 0.717) is 5.57 Å². The van der Waals surface area contributed by atoms with Gasteiger partial charge in [0.1, 0.15) is 0 Å². The van der Waals surface area contributed by atoms with Crippen molar-refractivity contribution >= 4 is 23.4 Å². The normalized spacial score (nSPS) is 16.6. The summed E-state index contributed by atoms with van der Waals surface area (Å²) >= 11 is 0. The van der Waals surface area contributed by atoms with Gasteiger partial charge in [-0.25, -0.2) is 0 Å². The molecule has 1 aliphatic heterocycles. The maximum atomic E-state index is 12.5. The minimum Gasteiger partial charge on any atom is -0.267 e. The number of nitrogens with zero attached hydrogens (tertiary/aromatic N) is 2. The van der Waals surface area contributed by atoms with E-state index in [4.69, 9.17) is 0 Å². The maximum Gasteiger partial charge on any atom is 0.280 e. The predicted molar refractivity (Wildman–Crippen MR) is 81.5 cm³/mol. The Kier molecular flexibility index (Phi) is 3.17. The fourth-order valence-electron chi connectivity index (χ4n) is 2.14. The molecule has 3 nitrogen and oxygen atoms in total. The molecule has 0 saturated heterocycles. The van der Waals surface area contributed by atoms with Gasteiger partial charge in [0.05, 0.1) is 17.0 Å². The van der Waals surface area contributed by atoms with Crippen LogP contribution in [0.2, 0.25) is 0 Å². The number of carbonyl (C=O) groups excluding carboxylic acids is 1. The van der Waals surface area contributed by atoms with Crippen molar-refractivity contribution in [2.24, 2.45) is 5.10 Å². The molecule has 0 aliphatic carbocycles. The zero-order valence-corrected chi connectivity index (χ0v) is 11.2. The molecule has 0 bridgehead atoms. The molecule has 0 atom stereocenters. The van der Waals surface area contributed by atoms with Gasteiger partial charge in [0.15, 0.2) is 0 Å². The summed E-state index contributed by atoms with van der Waals surface area (Å²) < 4.78 is 0. The van der Waals surface area contributed by atoms with Crippen molar-refractivity contribution in [3.8, 4) is 0 Å². The number of anilines is 1. The smallest absolute Gasteiger partial charge is 0.267 e. The summed E-state index contributed by atoms with van der Waals surface area (Å²) in [4.78, 5) is 12.5. The summed E-state index contributed by atoms with van der Waals surface area (Å²) in [5.74, 6) is -0.0856. The van der Waals surface area contributed by atoms with E-state index < -0.39 is 0 Å². The highest BCUT2D eigenvalue weighted by Crippen LogP contribution is 2.24. The molecular formula is C17H14N2O. The van der Waals surface area contributed by atoms with Crippen LogP contribution < -0.4 is 5.01 Å². The van der Waals surface area contributed by atoms with E-state index in [1.54, 1.807) is 0 Å². The Hall–Kier alpha value is -2.68. The first kappa shape index (κ1) is 12.4. The average Bonchev–Trinajstić information content (AvgIpc) is 2.77. The van der Waals surface area contributed by atoms with E-state index in [0.717, 1.165) is 17.0 Å². The molecule has 1 amide bonds. The lowest BCUT2D eigenvalue weighted by Gasteiger charge is -2.10. The van der Waals surface area contributed by atoms with Crippen LogP contribution in [0, 0.1) is 0 Å². The van der Waals surface area contributed by atoms with Crippen molar-refractivity contribution in [2.45, 2.75) is 6.92 Å². The van der Waals surface area contributed by atoms with Crippen molar-refractivity contribution in [3.63, 3.8) is 0 Å². The van der Waals surface area contributed by atoms with Gasteiger partial charge in [0.25, 0.3) is 5.91 Å². The molecule has 3 heteroatoms. The second-order valence-corrected chi connectivity index (χ2v) is 4.61. The zero-order chi connectivity index (χ0) is 13.9. The van der Waals surface area contributed by atoms with E-state index in [1.165, 1.54) is 5.01 Å². The van der Waals surface area contributed by atoms with Crippen molar-refractivity contribution in [3.05, 3.63) is 71.8 Å². The minimum absolute atomic E-state index is 0.0856. The van der Waals surface area contributed by atoms with Gasteiger partial charge in [-0.3, -0.25) is 4.79 Å². The molecule has 2 aromatic carbocycles. The number of amides is 1. The molecule has 98 valence electrons. The highest BCUT2D eigenvalue weighted by Gasteiger charge is 2.28. The molecule has 0 saturated carbocycles. The highest BCUT2D eigenvalue weighted by atomic mass is 16.2. The van der Waals surface area contributed by atoms with Gasteiger partial charge in [-0.15, -0.1) is 0 Å². The van der Waals surface area contributed by atoms with Crippen LogP contribution in [-0.4, -0.2) is 11.6 Å². The van der Waals surface area contributed by atoms with Crippen molar-refractivity contribution < 1.29 is 4.79 Å². The predicted octanol–water partition coefficient (Wildman–Crippen LogP) is 3.49. The van der Waals surface area contributed by atoms with Crippen molar-refractivity contribution in [1.82, 2.24) is 0 Å². The molecule has 1 aliphatic rings. The number of hydrogen-bond acceptors (Lipinski definition) is 2. The van der Waals surface area contributed by atoms with Gasteiger partial charge in [0, 0.05) is 0 Å². The Morgan fingerprint density at radius 3 is 2.20 bits per heavy atom. The maximum absolute atomic E-state index is 12.5. The number of benzene rings is 2. The van der Waals surface area contributed by atoms with Gasteiger partial charge >= 0.3 is 0 Å². The standard InChI is InChI=1S/C17H14N2O/c1-13-16(12-14-8-4-2-5-9-14)17(20)19(18-13)15-10-6-3-7-11-15/h2-12H,1H3/b16-12+. The van der Waals surface area contributed by atoms with E-state index in [-0.39, 0.29) is 5.91 Å². The van der Waals surface area contributed by atoms with Crippen LogP contribution in [0.1, 0.15) is 12.5 Å². The topological polar surface area (TPSA) is 32.7 Å². The lowest BCUT2D eigenvalue weighted by Crippen LogP contribution is -2.21. The molecule has 0 N–H and O–H groups in total. The molecule has 0 spiro atoms. The third-order valence-corrected chi connectivity index (χ3v) is 3.17. The third kappa shape index (κ3) is 2.26. The van der Waals surface area contributed by atoms with Crippen molar-refractivity contribution in [2.75, 3.05) is 5.01 Å². The molecule has 0 unspecified atom stereocenters.